The van der Waals surface area contributed by atoms with Crippen LogP contribution in [0.3, 0.4) is 0 Å². The molecule has 0 N–H and O–H groups in total. The van der Waals surface area contributed by atoms with Crippen molar-refractivity contribution >= 4 is 5.57 Å². The standard InChI is InChI=1S/C15H18O/c1-12(13-8-4-2-5-9-13)14-15(16-14)10-6-3-7-11-15/h2,4-5,8-9,14H,1,3,6-7,10-11H2. The molecule has 1 aliphatic carbocycles. The van der Waals surface area contributed by atoms with Crippen molar-refractivity contribution in [3.8, 4) is 0 Å². The van der Waals surface area contributed by atoms with Gasteiger partial charge in [-0.05, 0) is 24.0 Å². The van der Waals surface area contributed by atoms with Crippen LogP contribution in [0.25, 0.3) is 5.57 Å². The quantitative estimate of drug-likeness (QED) is 0.682. The average molecular weight is 214 g/mol. The van der Waals surface area contributed by atoms with E-state index in [1.807, 2.05) is 6.07 Å². The van der Waals surface area contributed by atoms with Crippen LogP contribution in [0.15, 0.2) is 36.9 Å². The van der Waals surface area contributed by atoms with Crippen molar-refractivity contribution < 1.29 is 4.74 Å². The van der Waals surface area contributed by atoms with Gasteiger partial charge in [-0.3, -0.25) is 0 Å². The van der Waals surface area contributed by atoms with Crippen molar-refractivity contribution in [2.45, 2.75) is 43.8 Å². The summed E-state index contributed by atoms with van der Waals surface area (Å²) in [6.07, 6.45) is 6.75. The second-order valence-corrected chi connectivity index (χ2v) is 5.01. The lowest BCUT2D eigenvalue weighted by Gasteiger charge is -2.18. The Morgan fingerprint density at radius 2 is 1.81 bits per heavy atom. The van der Waals surface area contributed by atoms with Gasteiger partial charge in [-0.1, -0.05) is 56.2 Å². The highest BCUT2D eigenvalue weighted by molar-refractivity contribution is 5.70. The van der Waals surface area contributed by atoms with Crippen molar-refractivity contribution in [3.63, 3.8) is 0 Å². The van der Waals surface area contributed by atoms with E-state index < -0.39 is 0 Å². The number of hydrogen-bond donors (Lipinski definition) is 0. The lowest BCUT2D eigenvalue weighted by atomic mass is 9.83. The number of rotatable bonds is 2. The molecule has 2 aliphatic rings. The molecule has 1 unspecified atom stereocenters. The molecule has 1 saturated carbocycles. The predicted molar refractivity (Wildman–Crippen MR) is 66.2 cm³/mol. The van der Waals surface area contributed by atoms with Gasteiger partial charge in [0.15, 0.2) is 0 Å². The minimum atomic E-state index is 0.172. The molecule has 1 aromatic rings. The zero-order valence-electron chi connectivity index (χ0n) is 9.61. The van der Waals surface area contributed by atoms with E-state index in [4.69, 9.17) is 4.74 Å². The Kier molecular flexibility index (Phi) is 2.36. The molecule has 16 heavy (non-hydrogen) atoms. The topological polar surface area (TPSA) is 12.5 Å². The zero-order valence-corrected chi connectivity index (χ0v) is 9.61. The Morgan fingerprint density at radius 1 is 1.12 bits per heavy atom. The van der Waals surface area contributed by atoms with Crippen molar-refractivity contribution in [3.05, 3.63) is 42.5 Å². The van der Waals surface area contributed by atoms with Crippen LogP contribution in [0.5, 0.6) is 0 Å². The van der Waals surface area contributed by atoms with Gasteiger partial charge in [0, 0.05) is 0 Å². The van der Waals surface area contributed by atoms with Gasteiger partial charge in [-0.2, -0.15) is 0 Å². The first-order valence-corrected chi connectivity index (χ1v) is 6.24. The van der Waals surface area contributed by atoms with Crippen LogP contribution < -0.4 is 0 Å². The molecule has 1 atom stereocenters. The van der Waals surface area contributed by atoms with Gasteiger partial charge in [-0.15, -0.1) is 0 Å². The first-order chi connectivity index (χ1) is 7.82. The molecule has 1 aliphatic heterocycles. The highest BCUT2D eigenvalue weighted by Gasteiger charge is 2.57. The number of benzene rings is 1. The fraction of sp³-hybridized carbons (Fsp3) is 0.467. The van der Waals surface area contributed by atoms with Crippen molar-refractivity contribution in [2.24, 2.45) is 0 Å². The second kappa shape index (κ2) is 3.74. The van der Waals surface area contributed by atoms with E-state index in [0.29, 0.717) is 0 Å². The van der Waals surface area contributed by atoms with Crippen molar-refractivity contribution in [2.75, 3.05) is 0 Å². The van der Waals surface area contributed by atoms with Gasteiger partial charge in [0.1, 0.15) is 6.10 Å². The monoisotopic (exact) mass is 214 g/mol. The highest BCUT2D eigenvalue weighted by atomic mass is 16.6. The molecule has 1 spiro atoms. The predicted octanol–water partition coefficient (Wildman–Crippen LogP) is 3.80. The number of epoxide rings is 1. The summed E-state index contributed by atoms with van der Waals surface area (Å²) in [6.45, 7) is 4.21. The van der Waals surface area contributed by atoms with E-state index in [2.05, 4.69) is 30.8 Å². The van der Waals surface area contributed by atoms with Crippen LogP contribution in [0.2, 0.25) is 0 Å². The first-order valence-electron chi connectivity index (χ1n) is 6.24. The highest BCUT2D eigenvalue weighted by Crippen LogP contribution is 2.52. The molecule has 0 radical (unpaired) electrons. The Labute approximate surface area is 97.1 Å². The smallest absolute Gasteiger partial charge is 0.112 e. The molecular formula is C15H18O. The normalized spacial score (nSPS) is 26.6. The van der Waals surface area contributed by atoms with E-state index in [-0.39, 0.29) is 11.7 Å². The van der Waals surface area contributed by atoms with Gasteiger partial charge < -0.3 is 4.74 Å². The molecule has 1 saturated heterocycles. The average Bonchev–Trinajstić information content (AvgIpc) is 3.04. The lowest BCUT2D eigenvalue weighted by molar-refractivity contribution is 0.235. The SMILES string of the molecule is C=C(c1ccccc1)C1OC12CCCCC2. The Hall–Kier alpha value is -1.08. The minimum Gasteiger partial charge on any atom is -0.361 e. The molecule has 0 aromatic heterocycles. The van der Waals surface area contributed by atoms with Crippen LogP contribution in [0, 0.1) is 0 Å². The molecule has 1 nitrogen and oxygen atoms in total. The Bertz CT molecular complexity index is 387. The van der Waals surface area contributed by atoms with E-state index in [9.17, 15) is 0 Å². The van der Waals surface area contributed by atoms with Crippen molar-refractivity contribution in [1.82, 2.24) is 0 Å². The summed E-state index contributed by atoms with van der Waals surface area (Å²) in [6, 6.07) is 10.4. The van der Waals surface area contributed by atoms with Gasteiger partial charge in [0.25, 0.3) is 0 Å². The molecule has 2 fully saturated rings. The van der Waals surface area contributed by atoms with E-state index >= 15 is 0 Å². The van der Waals surface area contributed by atoms with Crippen LogP contribution in [-0.2, 0) is 4.74 Å². The Morgan fingerprint density at radius 3 is 2.50 bits per heavy atom. The fourth-order valence-corrected chi connectivity index (χ4v) is 2.92. The summed E-state index contributed by atoms with van der Waals surface area (Å²) in [5.41, 5.74) is 2.57. The minimum absolute atomic E-state index is 0.172. The molecule has 0 bridgehead atoms. The molecule has 1 heteroatoms. The third-order valence-corrected chi connectivity index (χ3v) is 3.93. The largest absolute Gasteiger partial charge is 0.361 e. The van der Waals surface area contributed by atoms with Crippen LogP contribution >= 0.6 is 0 Å². The van der Waals surface area contributed by atoms with Gasteiger partial charge in [0.2, 0.25) is 0 Å². The third-order valence-electron chi connectivity index (χ3n) is 3.93. The summed E-state index contributed by atoms with van der Waals surface area (Å²) >= 11 is 0. The second-order valence-electron chi connectivity index (χ2n) is 5.01. The summed E-state index contributed by atoms with van der Waals surface area (Å²) in [4.78, 5) is 0. The molecular weight excluding hydrogens is 196 g/mol. The lowest BCUT2D eigenvalue weighted by Crippen LogP contribution is -2.19. The maximum atomic E-state index is 5.96. The van der Waals surface area contributed by atoms with Crippen molar-refractivity contribution in [1.29, 1.82) is 0 Å². The van der Waals surface area contributed by atoms with Gasteiger partial charge in [0.05, 0.1) is 5.60 Å². The van der Waals surface area contributed by atoms with Crippen LogP contribution in [0.1, 0.15) is 37.7 Å². The summed E-state index contributed by atoms with van der Waals surface area (Å²) in [5.74, 6) is 0. The Balaban J connectivity index is 1.74. The van der Waals surface area contributed by atoms with Gasteiger partial charge >= 0.3 is 0 Å². The third kappa shape index (κ3) is 1.60. The maximum absolute atomic E-state index is 5.96. The van der Waals surface area contributed by atoms with Crippen LogP contribution in [-0.4, -0.2) is 11.7 Å². The summed E-state index contributed by atoms with van der Waals surface area (Å²) in [5, 5.41) is 0. The number of ether oxygens (including phenoxy) is 1. The summed E-state index contributed by atoms with van der Waals surface area (Å²) < 4.78 is 5.96. The maximum Gasteiger partial charge on any atom is 0.112 e. The zero-order chi connectivity index (χ0) is 11.0. The van der Waals surface area contributed by atoms with Gasteiger partial charge in [-0.25, -0.2) is 0 Å². The fourth-order valence-electron chi connectivity index (χ4n) is 2.92. The molecule has 3 rings (SSSR count). The first kappa shape index (κ1) is 10.1. The van der Waals surface area contributed by atoms with E-state index in [1.54, 1.807) is 0 Å². The number of hydrogen-bond acceptors (Lipinski definition) is 1. The molecule has 1 aromatic carbocycles. The van der Waals surface area contributed by atoms with E-state index in [0.717, 1.165) is 0 Å². The summed E-state index contributed by atoms with van der Waals surface area (Å²) in [7, 11) is 0. The van der Waals surface area contributed by atoms with E-state index in [1.165, 1.54) is 43.2 Å². The molecule has 1 heterocycles. The molecule has 84 valence electrons. The molecule has 0 amide bonds. The van der Waals surface area contributed by atoms with Crippen LogP contribution in [0.4, 0.5) is 0 Å².